The molecule has 1 rings (SSSR count). The van der Waals surface area contributed by atoms with Gasteiger partial charge in [-0.1, -0.05) is 6.92 Å². The Kier molecular flexibility index (Phi) is 6.62. The lowest BCUT2D eigenvalue weighted by Crippen LogP contribution is -2.41. The van der Waals surface area contributed by atoms with Crippen LogP contribution in [0.25, 0.3) is 0 Å². The van der Waals surface area contributed by atoms with Crippen LogP contribution >= 0.6 is 0 Å². The number of carboxylic acids is 1. The van der Waals surface area contributed by atoms with Crippen molar-refractivity contribution in [3.8, 4) is 0 Å². The van der Waals surface area contributed by atoms with E-state index in [4.69, 9.17) is 9.84 Å². The Morgan fingerprint density at radius 3 is 2.74 bits per heavy atom. The summed E-state index contributed by atoms with van der Waals surface area (Å²) in [5.74, 6) is -0.180. The number of aliphatic carboxylic acids is 1. The van der Waals surface area contributed by atoms with Crippen molar-refractivity contribution in [3.63, 3.8) is 0 Å². The third-order valence-corrected chi connectivity index (χ3v) is 3.09. The summed E-state index contributed by atoms with van der Waals surface area (Å²) < 4.78 is 5.46. The molecule has 0 spiro atoms. The number of urea groups is 1. The van der Waals surface area contributed by atoms with Crippen LogP contribution in [0.4, 0.5) is 4.79 Å². The number of hydrogen-bond donors (Lipinski definition) is 2. The third-order valence-electron chi connectivity index (χ3n) is 3.09. The van der Waals surface area contributed by atoms with Gasteiger partial charge in [0.15, 0.2) is 0 Å². The van der Waals surface area contributed by atoms with Gasteiger partial charge in [-0.15, -0.1) is 0 Å². The number of carbonyl (C=O) groups is 2. The molecule has 2 amide bonds. The molecule has 1 aliphatic carbocycles. The lowest BCUT2D eigenvalue weighted by molar-refractivity contribution is -0.137. The maximum absolute atomic E-state index is 11.7. The Morgan fingerprint density at radius 2 is 2.16 bits per heavy atom. The van der Waals surface area contributed by atoms with Gasteiger partial charge in [-0.05, 0) is 24.7 Å². The highest BCUT2D eigenvalue weighted by atomic mass is 16.5. The van der Waals surface area contributed by atoms with Crippen molar-refractivity contribution in [2.75, 3.05) is 33.4 Å². The van der Waals surface area contributed by atoms with E-state index in [2.05, 4.69) is 5.32 Å². The van der Waals surface area contributed by atoms with E-state index in [1.807, 2.05) is 0 Å². The van der Waals surface area contributed by atoms with Gasteiger partial charge in [-0.3, -0.25) is 4.79 Å². The molecule has 110 valence electrons. The van der Waals surface area contributed by atoms with Gasteiger partial charge in [0.05, 0.1) is 6.61 Å². The summed E-state index contributed by atoms with van der Waals surface area (Å²) in [5, 5.41) is 11.3. The third kappa shape index (κ3) is 7.66. The lowest BCUT2D eigenvalue weighted by atomic mass is 10.1. The first-order valence-corrected chi connectivity index (χ1v) is 6.77. The fourth-order valence-corrected chi connectivity index (χ4v) is 1.60. The van der Waals surface area contributed by atoms with Crippen molar-refractivity contribution in [3.05, 3.63) is 0 Å². The topological polar surface area (TPSA) is 78.9 Å². The highest BCUT2D eigenvalue weighted by molar-refractivity contribution is 5.74. The quantitative estimate of drug-likeness (QED) is 0.617. The molecule has 0 aromatic heterocycles. The van der Waals surface area contributed by atoms with Gasteiger partial charge >= 0.3 is 12.0 Å². The van der Waals surface area contributed by atoms with Crippen molar-refractivity contribution in [2.45, 2.75) is 26.2 Å². The van der Waals surface area contributed by atoms with E-state index in [9.17, 15) is 9.59 Å². The molecule has 6 nitrogen and oxygen atoms in total. The summed E-state index contributed by atoms with van der Waals surface area (Å²) in [6, 6.07) is -0.188. The fourth-order valence-electron chi connectivity index (χ4n) is 1.60. The van der Waals surface area contributed by atoms with E-state index in [0.717, 1.165) is 12.5 Å². The van der Waals surface area contributed by atoms with E-state index in [1.54, 1.807) is 18.9 Å². The van der Waals surface area contributed by atoms with Gasteiger partial charge in [0.25, 0.3) is 0 Å². The zero-order valence-corrected chi connectivity index (χ0v) is 11.7. The first kappa shape index (κ1) is 15.8. The fraction of sp³-hybridized carbons (Fsp3) is 0.846. The van der Waals surface area contributed by atoms with Crippen LogP contribution < -0.4 is 5.32 Å². The molecule has 0 heterocycles. The second-order valence-electron chi connectivity index (χ2n) is 5.33. The minimum absolute atomic E-state index is 0.0640. The molecule has 0 radical (unpaired) electrons. The number of carboxylic acid groups (broad SMARTS) is 1. The van der Waals surface area contributed by atoms with Crippen molar-refractivity contribution >= 4 is 12.0 Å². The molecule has 0 aromatic carbocycles. The van der Waals surface area contributed by atoms with Crippen molar-refractivity contribution in [1.82, 2.24) is 10.2 Å². The molecule has 1 unspecified atom stereocenters. The van der Waals surface area contributed by atoms with E-state index in [1.165, 1.54) is 12.8 Å². The zero-order valence-electron chi connectivity index (χ0n) is 11.7. The van der Waals surface area contributed by atoms with Crippen molar-refractivity contribution in [2.24, 2.45) is 11.8 Å². The molecule has 0 bridgehead atoms. The number of likely N-dealkylation sites (N-methyl/N-ethyl adjacent to an activating group) is 1. The normalized spacial score (nSPS) is 15.9. The lowest BCUT2D eigenvalue weighted by Gasteiger charge is -2.19. The van der Waals surface area contributed by atoms with E-state index >= 15 is 0 Å². The number of hydrogen-bond acceptors (Lipinski definition) is 3. The van der Waals surface area contributed by atoms with E-state index in [-0.39, 0.29) is 18.4 Å². The molecule has 0 saturated heterocycles. The smallest absolute Gasteiger partial charge is 0.317 e. The SMILES string of the molecule is CC(CNC(=O)N(C)CCOCC1CC1)CC(=O)O. The van der Waals surface area contributed by atoms with Crippen LogP contribution in [0.3, 0.4) is 0 Å². The monoisotopic (exact) mass is 272 g/mol. The molecule has 1 atom stereocenters. The molecular weight excluding hydrogens is 248 g/mol. The number of carbonyl (C=O) groups excluding carboxylic acids is 1. The minimum Gasteiger partial charge on any atom is -0.481 e. The van der Waals surface area contributed by atoms with Gasteiger partial charge in [0.2, 0.25) is 0 Å². The Morgan fingerprint density at radius 1 is 1.47 bits per heavy atom. The van der Waals surface area contributed by atoms with E-state index in [0.29, 0.717) is 19.7 Å². The molecular formula is C13H24N2O4. The number of nitrogens with one attached hydrogen (secondary N) is 1. The van der Waals surface area contributed by atoms with Crippen LogP contribution in [0.5, 0.6) is 0 Å². The average molecular weight is 272 g/mol. The molecule has 1 saturated carbocycles. The Labute approximate surface area is 114 Å². The predicted molar refractivity (Wildman–Crippen MR) is 71.0 cm³/mol. The van der Waals surface area contributed by atoms with Crippen LogP contribution in [0, 0.1) is 11.8 Å². The summed E-state index contributed by atoms with van der Waals surface area (Å²) in [7, 11) is 1.71. The Hall–Kier alpha value is -1.30. The molecule has 1 fully saturated rings. The largest absolute Gasteiger partial charge is 0.481 e. The van der Waals surface area contributed by atoms with Gasteiger partial charge in [-0.25, -0.2) is 4.79 Å². The van der Waals surface area contributed by atoms with Crippen LogP contribution in [-0.2, 0) is 9.53 Å². The molecule has 2 N–H and O–H groups in total. The van der Waals surface area contributed by atoms with Crippen LogP contribution in [-0.4, -0.2) is 55.4 Å². The maximum atomic E-state index is 11.7. The van der Waals surface area contributed by atoms with Gasteiger partial charge in [-0.2, -0.15) is 0 Å². The Bertz CT molecular complexity index is 305. The van der Waals surface area contributed by atoms with E-state index < -0.39 is 5.97 Å². The number of ether oxygens (including phenoxy) is 1. The number of amides is 2. The molecule has 19 heavy (non-hydrogen) atoms. The van der Waals surface area contributed by atoms with Crippen LogP contribution in [0.1, 0.15) is 26.2 Å². The average Bonchev–Trinajstić information content (AvgIpc) is 3.14. The number of nitrogens with zero attached hydrogens (tertiary/aromatic N) is 1. The van der Waals surface area contributed by atoms with Gasteiger partial charge < -0.3 is 20.1 Å². The summed E-state index contributed by atoms with van der Waals surface area (Å²) in [5.41, 5.74) is 0. The summed E-state index contributed by atoms with van der Waals surface area (Å²) in [6.45, 7) is 4.06. The standard InChI is InChI=1S/C13H24N2O4/c1-10(7-12(16)17)8-14-13(18)15(2)5-6-19-9-11-3-4-11/h10-11H,3-9H2,1-2H3,(H,14,18)(H,16,17). The summed E-state index contributed by atoms with van der Waals surface area (Å²) in [6.07, 6.45) is 2.59. The van der Waals surface area contributed by atoms with Crippen LogP contribution in [0.15, 0.2) is 0 Å². The molecule has 1 aliphatic rings. The first-order chi connectivity index (χ1) is 8.99. The van der Waals surface area contributed by atoms with Crippen molar-refractivity contribution in [1.29, 1.82) is 0 Å². The highest BCUT2D eigenvalue weighted by Crippen LogP contribution is 2.28. The second-order valence-corrected chi connectivity index (χ2v) is 5.33. The maximum Gasteiger partial charge on any atom is 0.317 e. The summed E-state index contributed by atoms with van der Waals surface area (Å²) in [4.78, 5) is 23.7. The second kappa shape index (κ2) is 7.99. The zero-order chi connectivity index (χ0) is 14.3. The van der Waals surface area contributed by atoms with Gasteiger partial charge in [0.1, 0.15) is 0 Å². The van der Waals surface area contributed by atoms with Crippen molar-refractivity contribution < 1.29 is 19.4 Å². The van der Waals surface area contributed by atoms with Gasteiger partial charge in [0, 0.05) is 33.2 Å². The predicted octanol–water partition coefficient (Wildman–Crippen LogP) is 1.17. The minimum atomic E-state index is -0.844. The molecule has 0 aliphatic heterocycles. The Balaban J connectivity index is 2.04. The molecule has 6 heteroatoms. The summed E-state index contributed by atoms with van der Waals surface area (Å²) >= 11 is 0. The first-order valence-electron chi connectivity index (χ1n) is 6.77. The molecule has 0 aromatic rings. The number of rotatable bonds is 9. The highest BCUT2D eigenvalue weighted by Gasteiger charge is 2.21. The van der Waals surface area contributed by atoms with Crippen LogP contribution in [0.2, 0.25) is 0 Å².